The minimum Gasteiger partial charge on any atom is -0.325 e. The first kappa shape index (κ1) is 11.8. The summed E-state index contributed by atoms with van der Waals surface area (Å²) < 4.78 is 0. The van der Waals surface area contributed by atoms with Gasteiger partial charge in [0.2, 0.25) is 0 Å². The number of nitrogens with zero attached hydrogens (tertiary/aromatic N) is 1. The fourth-order valence-electron chi connectivity index (χ4n) is 1.28. The van der Waals surface area contributed by atoms with Crippen LogP contribution in [0, 0.1) is 0 Å². The van der Waals surface area contributed by atoms with Gasteiger partial charge in [-0.2, -0.15) is 0 Å². The quantitative estimate of drug-likeness (QED) is 0.426. The van der Waals surface area contributed by atoms with Crippen LogP contribution in [0.15, 0.2) is 43.0 Å². The van der Waals surface area contributed by atoms with Crippen LogP contribution in [0.4, 0.5) is 4.79 Å². The molecular formula is C12H14ClNO. The number of halogens is 1. The average Bonchev–Trinajstić information content (AvgIpc) is 2.25. The highest BCUT2D eigenvalue weighted by atomic mass is 35.5. The molecule has 0 bridgehead atoms. The van der Waals surface area contributed by atoms with Gasteiger partial charge >= 0.3 is 5.37 Å². The van der Waals surface area contributed by atoms with Crippen LogP contribution in [0.3, 0.4) is 0 Å². The van der Waals surface area contributed by atoms with Gasteiger partial charge in [0.15, 0.2) is 0 Å². The van der Waals surface area contributed by atoms with Crippen LogP contribution in [0.5, 0.6) is 0 Å². The van der Waals surface area contributed by atoms with Gasteiger partial charge in [-0.05, 0) is 23.6 Å². The summed E-state index contributed by atoms with van der Waals surface area (Å²) >= 11 is 5.48. The topological polar surface area (TPSA) is 20.3 Å². The molecule has 0 atom stereocenters. The Kier molecular flexibility index (Phi) is 4.91. The Morgan fingerprint density at radius 1 is 1.40 bits per heavy atom. The van der Waals surface area contributed by atoms with Crippen LogP contribution in [0.25, 0.3) is 0 Å². The third kappa shape index (κ3) is 4.17. The van der Waals surface area contributed by atoms with E-state index in [1.165, 1.54) is 0 Å². The molecule has 0 saturated carbocycles. The van der Waals surface area contributed by atoms with Gasteiger partial charge in [0.25, 0.3) is 0 Å². The summed E-state index contributed by atoms with van der Waals surface area (Å²) in [6.07, 6.45) is 2.53. The molecule has 0 saturated heterocycles. The molecule has 0 aliphatic heterocycles. The zero-order valence-corrected chi connectivity index (χ0v) is 9.28. The van der Waals surface area contributed by atoms with E-state index in [2.05, 4.69) is 6.58 Å². The van der Waals surface area contributed by atoms with E-state index in [0.717, 1.165) is 12.0 Å². The first-order valence-corrected chi connectivity index (χ1v) is 5.21. The standard InChI is InChI=1S/C12H14ClNO/c1-2-3-9-14(12(13)15)10-11-7-5-4-6-8-11/h2,4-8H,1,3,9-10H2. The van der Waals surface area contributed by atoms with Crippen LogP contribution in [0.2, 0.25) is 0 Å². The van der Waals surface area contributed by atoms with Gasteiger partial charge < -0.3 is 4.90 Å². The lowest BCUT2D eigenvalue weighted by Gasteiger charge is -2.18. The Bertz CT molecular complexity index is 324. The number of benzene rings is 1. The summed E-state index contributed by atoms with van der Waals surface area (Å²) in [5, 5.41) is -0.416. The first-order valence-electron chi connectivity index (χ1n) is 4.83. The molecule has 2 nitrogen and oxygen atoms in total. The van der Waals surface area contributed by atoms with Crippen molar-refractivity contribution in [3.05, 3.63) is 48.6 Å². The van der Waals surface area contributed by atoms with Gasteiger partial charge in [0.05, 0.1) is 0 Å². The van der Waals surface area contributed by atoms with Crippen LogP contribution in [0.1, 0.15) is 12.0 Å². The molecule has 0 spiro atoms. The lowest BCUT2D eigenvalue weighted by molar-refractivity contribution is 0.220. The second kappa shape index (κ2) is 6.25. The highest BCUT2D eigenvalue weighted by molar-refractivity contribution is 6.62. The number of carbonyl (C=O) groups excluding carboxylic acids is 1. The smallest absolute Gasteiger partial charge is 0.316 e. The maximum atomic E-state index is 11.1. The second-order valence-corrected chi connectivity index (χ2v) is 3.56. The van der Waals surface area contributed by atoms with Crippen LogP contribution in [-0.2, 0) is 6.54 Å². The second-order valence-electron chi connectivity index (χ2n) is 3.24. The molecule has 0 radical (unpaired) electrons. The molecule has 0 unspecified atom stereocenters. The van der Waals surface area contributed by atoms with Gasteiger partial charge in [-0.3, -0.25) is 4.79 Å². The summed E-state index contributed by atoms with van der Waals surface area (Å²) in [7, 11) is 0. The van der Waals surface area contributed by atoms with Gasteiger partial charge in [-0.1, -0.05) is 36.4 Å². The lowest BCUT2D eigenvalue weighted by atomic mass is 10.2. The summed E-state index contributed by atoms with van der Waals surface area (Å²) in [6, 6.07) is 9.78. The average molecular weight is 224 g/mol. The molecule has 1 aromatic rings. The number of hydrogen-bond acceptors (Lipinski definition) is 1. The van der Waals surface area contributed by atoms with Crippen molar-refractivity contribution >= 4 is 17.0 Å². The van der Waals surface area contributed by atoms with Crippen molar-refractivity contribution in [2.24, 2.45) is 0 Å². The summed E-state index contributed by atoms with van der Waals surface area (Å²) in [4.78, 5) is 12.7. The third-order valence-electron chi connectivity index (χ3n) is 2.07. The van der Waals surface area contributed by atoms with E-state index < -0.39 is 5.37 Å². The molecule has 3 heteroatoms. The Hall–Kier alpha value is -1.28. The molecule has 0 aliphatic rings. The molecule has 1 rings (SSSR count). The first-order chi connectivity index (χ1) is 7.24. The fraction of sp³-hybridized carbons (Fsp3) is 0.250. The minimum atomic E-state index is -0.416. The molecule has 0 heterocycles. The van der Waals surface area contributed by atoms with E-state index in [9.17, 15) is 4.79 Å². The molecule has 1 amide bonds. The normalized spacial score (nSPS) is 9.67. The SMILES string of the molecule is C=CCCN(Cc1ccccc1)C(=O)Cl. The Balaban J connectivity index is 2.58. The monoisotopic (exact) mass is 223 g/mol. The number of carbonyl (C=O) groups is 1. The molecule has 0 fully saturated rings. The molecule has 0 aromatic heterocycles. The van der Waals surface area contributed by atoms with E-state index in [1.54, 1.807) is 11.0 Å². The predicted molar refractivity (Wildman–Crippen MR) is 62.9 cm³/mol. The molecule has 0 N–H and O–H groups in total. The zero-order chi connectivity index (χ0) is 11.1. The highest BCUT2D eigenvalue weighted by Gasteiger charge is 2.09. The predicted octanol–water partition coefficient (Wildman–Crippen LogP) is 3.42. The molecular weight excluding hydrogens is 210 g/mol. The lowest BCUT2D eigenvalue weighted by Crippen LogP contribution is -2.26. The van der Waals surface area contributed by atoms with Crippen LogP contribution in [-0.4, -0.2) is 16.8 Å². The maximum Gasteiger partial charge on any atom is 0.316 e. The van der Waals surface area contributed by atoms with Crippen LogP contribution < -0.4 is 0 Å². The van der Waals surface area contributed by atoms with Crippen molar-refractivity contribution in [1.82, 2.24) is 4.90 Å². The van der Waals surface area contributed by atoms with Crippen molar-refractivity contribution in [3.63, 3.8) is 0 Å². The highest BCUT2D eigenvalue weighted by Crippen LogP contribution is 2.07. The van der Waals surface area contributed by atoms with Gasteiger partial charge in [-0.15, -0.1) is 6.58 Å². The number of amides is 1. The zero-order valence-electron chi connectivity index (χ0n) is 8.53. The van der Waals surface area contributed by atoms with E-state index in [1.807, 2.05) is 30.3 Å². The van der Waals surface area contributed by atoms with Crippen LogP contribution >= 0.6 is 11.6 Å². The van der Waals surface area contributed by atoms with E-state index >= 15 is 0 Å². The largest absolute Gasteiger partial charge is 0.325 e. The van der Waals surface area contributed by atoms with E-state index in [0.29, 0.717) is 13.1 Å². The molecule has 0 aliphatic carbocycles. The summed E-state index contributed by atoms with van der Waals surface area (Å²) in [6.45, 7) is 4.78. The Morgan fingerprint density at radius 2 is 2.07 bits per heavy atom. The number of rotatable bonds is 5. The number of hydrogen-bond donors (Lipinski definition) is 0. The van der Waals surface area contributed by atoms with E-state index in [-0.39, 0.29) is 0 Å². The molecule has 80 valence electrons. The Morgan fingerprint density at radius 3 is 2.60 bits per heavy atom. The van der Waals surface area contributed by atoms with Crippen molar-refractivity contribution in [2.45, 2.75) is 13.0 Å². The van der Waals surface area contributed by atoms with Crippen molar-refractivity contribution in [3.8, 4) is 0 Å². The molecule has 1 aromatic carbocycles. The fourth-order valence-corrected chi connectivity index (χ4v) is 1.42. The van der Waals surface area contributed by atoms with Crippen molar-refractivity contribution in [2.75, 3.05) is 6.54 Å². The van der Waals surface area contributed by atoms with Gasteiger partial charge in [0, 0.05) is 13.1 Å². The van der Waals surface area contributed by atoms with Gasteiger partial charge in [0.1, 0.15) is 0 Å². The minimum absolute atomic E-state index is 0.416. The van der Waals surface area contributed by atoms with Crippen molar-refractivity contribution in [1.29, 1.82) is 0 Å². The Labute approximate surface area is 95.2 Å². The maximum absolute atomic E-state index is 11.1. The summed E-state index contributed by atoms with van der Waals surface area (Å²) in [5.41, 5.74) is 1.08. The van der Waals surface area contributed by atoms with Crippen molar-refractivity contribution < 1.29 is 4.79 Å². The van der Waals surface area contributed by atoms with Gasteiger partial charge in [-0.25, -0.2) is 0 Å². The molecule has 15 heavy (non-hydrogen) atoms. The third-order valence-corrected chi connectivity index (χ3v) is 2.31. The summed E-state index contributed by atoms with van der Waals surface area (Å²) in [5.74, 6) is 0. The van der Waals surface area contributed by atoms with E-state index in [4.69, 9.17) is 11.6 Å².